The zero-order chi connectivity index (χ0) is 21.1. The summed E-state index contributed by atoms with van der Waals surface area (Å²) in [5, 5.41) is 15.7. The smallest absolute Gasteiger partial charge is 0.241 e. The fraction of sp³-hybridized carbons (Fsp3) is 0.417. The lowest BCUT2D eigenvalue weighted by atomic mass is 9.94. The third-order valence-electron chi connectivity index (χ3n) is 6.36. The topological polar surface area (TPSA) is 81.7 Å². The van der Waals surface area contributed by atoms with Crippen molar-refractivity contribution in [1.29, 1.82) is 0 Å². The second kappa shape index (κ2) is 8.88. The monoisotopic (exact) mass is 407 g/mol. The zero-order valence-electron chi connectivity index (χ0n) is 17.4. The number of nitrogens with zero attached hydrogens (tertiary/aromatic N) is 1. The Morgan fingerprint density at radius 3 is 2.53 bits per heavy atom. The molecule has 0 spiro atoms. The van der Waals surface area contributed by atoms with Crippen LogP contribution in [-0.4, -0.2) is 41.0 Å². The molecule has 30 heavy (non-hydrogen) atoms. The fourth-order valence-electron chi connectivity index (χ4n) is 4.43. The molecule has 4 rings (SSSR count). The summed E-state index contributed by atoms with van der Waals surface area (Å²) in [6.07, 6.45) is 4.79. The summed E-state index contributed by atoms with van der Waals surface area (Å²) >= 11 is 0. The van der Waals surface area contributed by atoms with Gasteiger partial charge in [0.2, 0.25) is 11.8 Å². The van der Waals surface area contributed by atoms with Crippen LogP contribution in [-0.2, 0) is 22.4 Å². The summed E-state index contributed by atoms with van der Waals surface area (Å²) in [6, 6.07) is 12.7. The molecule has 3 N–H and O–H groups in total. The van der Waals surface area contributed by atoms with E-state index in [1.807, 2.05) is 13.0 Å². The molecule has 1 aliphatic heterocycles. The van der Waals surface area contributed by atoms with Crippen molar-refractivity contribution in [3.05, 3.63) is 53.6 Å². The number of piperidine rings is 1. The van der Waals surface area contributed by atoms with Crippen LogP contribution in [0.2, 0.25) is 0 Å². The van der Waals surface area contributed by atoms with Gasteiger partial charge in [0, 0.05) is 11.6 Å². The first kappa shape index (κ1) is 20.4. The maximum Gasteiger partial charge on any atom is 0.241 e. The predicted octanol–water partition coefficient (Wildman–Crippen LogP) is 3.56. The van der Waals surface area contributed by atoms with E-state index in [4.69, 9.17) is 0 Å². The highest BCUT2D eigenvalue weighted by Gasteiger charge is 2.30. The minimum absolute atomic E-state index is 0.00921. The zero-order valence-corrected chi connectivity index (χ0v) is 17.4. The number of fused-ring (bicyclic) bond motifs is 1. The van der Waals surface area contributed by atoms with E-state index in [1.54, 1.807) is 24.3 Å². The SMILES string of the molecule is C[C@H](C(=O)Nc1ccc2c(c1)CCC2)N1CCC(C(=O)Nc2ccccc2O)CC1. The average molecular weight is 408 g/mol. The maximum absolute atomic E-state index is 12.7. The van der Waals surface area contributed by atoms with Crippen molar-refractivity contribution in [1.82, 2.24) is 4.90 Å². The maximum atomic E-state index is 12.7. The van der Waals surface area contributed by atoms with E-state index >= 15 is 0 Å². The van der Waals surface area contributed by atoms with E-state index in [2.05, 4.69) is 27.7 Å². The van der Waals surface area contributed by atoms with Gasteiger partial charge in [-0.2, -0.15) is 0 Å². The third kappa shape index (κ3) is 4.49. The summed E-state index contributed by atoms with van der Waals surface area (Å²) in [4.78, 5) is 27.4. The number of anilines is 2. The van der Waals surface area contributed by atoms with Gasteiger partial charge in [-0.05, 0) is 87.5 Å². The van der Waals surface area contributed by atoms with Gasteiger partial charge in [-0.25, -0.2) is 0 Å². The normalized spacial score (nSPS) is 17.9. The van der Waals surface area contributed by atoms with Crippen molar-refractivity contribution in [2.45, 2.75) is 45.1 Å². The number of aryl methyl sites for hydroxylation is 2. The van der Waals surface area contributed by atoms with Gasteiger partial charge < -0.3 is 15.7 Å². The highest BCUT2D eigenvalue weighted by atomic mass is 16.3. The second-order valence-electron chi connectivity index (χ2n) is 8.32. The summed E-state index contributed by atoms with van der Waals surface area (Å²) < 4.78 is 0. The molecule has 2 aromatic carbocycles. The van der Waals surface area contributed by atoms with Crippen LogP contribution < -0.4 is 10.6 Å². The van der Waals surface area contributed by atoms with Crippen LogP contribution in [0.5, 0.6) is 5.75 Å². The van der Waals surface area contributed by atoms with Crippen molar-refractivity contribution >= 4 is 23.2 Å². The van der Waals surface area contributed by atoms with Crippen LogP contribution in [0.1, 0.15) is 37.3 Å². The molecule has 2 aliphatic rings. The number of hydrogen-bond donors (Lipinski definition) is 3. The average Bonchev–Trinajstić information content (AvgIpc) is 3.23. The third-order valence-corrected chi connectivity index (χ3v) is 6.36. The largest absolute Gasteiger partial charge is 0.506 e. The van der Waals surface area contributed by atoms with Crippen LogP contribution >= 0.6 is 0 Å². The number of phenols is 1. The lowest BCUT2D eigenvalue weighted by Crippen LogP contribution is -2.47. The first-order valence-electron chi connectivity index (χ1n) is 10.8. The molecule has 0 saturated carbocycles. The Balaban J connectivity index is 1.28. The van der Waals surface area contributed by atoms with Crippen LogP contribution in [0.4, 0.5) is 11.4 Å². The highest BCUT2D eigenvalue weighted by Crippen LogP contribution is 2.27. The number of phenolic OH excluding ortho intramolecular Hbond substituents is 1. The number of likely N-dealkylation sites (tertiary alicyclic amines) is 1. The molecular formula is C24H29N3O3. The van der Waals surface area contributed by atoms with Gasteiger partial charge >= 0.3 is 0 Å². The molecule has 0 radical (unpaired) electrons. The van der Waals surface area contributed by atoms with E-state index in [1.165, 1.54) is 17.5 Å². The first-order chi connectivity index (χ1) is 14.5. The lowest BCUT2D eigenvalue weighted by Gasteiger charge is -2.34. The molecule has 0 unspecified atom stereocenters. The summed E-state index contributed by atoms with van der Waals surface area (Å²) in [5.41, 5.74) is 4.04. The highest BCUT2D eigenvalue weighted by molar-refractivity contribution is 5.95. The molecule has 1 fully saturated rings. The van der Waals surface area contributed by atoms with Gasteiger partial charge in [-0.15, -0.1) is 0 Å². The summed E-state index contributed by atoms with van der Waals surface area (Å²) in [5.74, 6) is -0.135. The first-order valence-corrected chi connectivity index (χ1v) is 10.8. The van der Waals surface area contributed by atoms with E-state index < -0.39 is 0 Å². The number of rotatable bonds is 5. The molecule has 158 valence electrons. The van der Waals surface area contributed by atoms with Gasteiger partial charge in [0.25, 0.3) is 0 Å². The number of benzene rings is 2. The molecule has 6 nitrogen and oxygen atoms in total. The predicted molar refractivity (Wildman–Crippen MR) is 118 cm³/mol. The lowest BCUT2D eigenvalue weighted by molar-refractivity contribution is -0.123. The molecule has 1 aliphatic carbocycles. The summed E-state index contributed by atoms with van der Waals surface area (Å²) in [6.45, 7) is 3.31. The molecular weight excluding hydrogens is 378 g/mol. The minimum Gasteiger partial charge on any atom is -0.506 e. The van der Waals surface area contributed by atoms with Crippen molar-refractivity contribution in [3.8, 4) is 5.75 Å². The number of amides is 2. The summed E-state index contributed by atoms with van der Waals surface area (Å²) in [7, 11) is 0. The Morgan fingerprint density at radius 1 is 1.03 bits per heavy atom. The van der Waals surface area contributed by atoms with Crippen LogP contribution in [0, 0.1) is 5.92 Å². The Morgan fingerprint density at radius 2 is 1.77 bits per heavy atom. The van der Waals surface area contributed by atoms with Gasteiger partial charge in [-0.3, -0.25) is 14.5 Å². The molecule has 1 atom stereocenters. The molecule has 6 heteroatoms. The molecule has 0 aromatic heterocycles. The number of para-hydroxylation sites is 2. The van der Waals surface area contributed by atoms with Crippen LogP contribution in [0.3, 0.4) is 0 Å². The molecule has 1 heterocycles. The van der Waals surface area contributed by atoms with E-state index in [-0.39, 0.29) is 29.5 Å². The molecule has 2 amide bonds. The molecule has 1 saturated heterocycles. The molecule has 2 aromatic rings. The fourth-order valence-corrected chi connectivity index (χ4v) is 4.43. The van der Waals surface area contributed by atoms with E-state index in [9.17, 15) is 14.7 Å². The number of aromatic hydroxyl groups is 1. The second-order valence-corrected chi connectivity index (χ2v) is 8.32. The molecule has 0 bridgehead atoms. The Kier molecular flexibility index (Phi) is 6.04. The minimum atomic E-state index is -0.250. The Hall–Kier alpha value is -2.86. The van der Waals surface area contributed by atoms with Gasteiger partial charge in [0.05, 0.1) is 11.7 Å². The van der Waals surface area contributed by atoms with Crippen molar-refractivity contribution in [2.75, 3.05) is 23.7 Å². The van der Waals surface area contributed by atoms with E-state index in [0.29, 0.717) is 31.6 Å². The van der Waals surface area contributed by atoms with Crippen molar-refractivity contribution < 1.29 is 14.7 Å². The Bertz CT molecular complexity index is 935. The van der Waals surface area contributed by atoms with E-state index in [0.717, 1.165) is 18.5 Å². The van der Waals surface area contributed by atoms with Crippen molar-refractivity contribution in [2.24, 2.45) is 5.92 Å². The quantitative estimate of drug-likeness (QED) is 0.662. The van der Waals surface area contributed by atoms with Gasteiger partial charge in [0.15, 0.2) is 0 Å². The Labute approximate surface area is 177 Å². The van der Waals surface area contributed by atoms with Gasteiger partial charge in [0.1, 0.15) is 5.75 Å². The van der Waals surface area contributed by atoms with Crippen LogP contribution in [0.25, 0.3) is 0 Å². The number of carbonyl (C=O) groups is 2. The van der Waals surface area contributed by atoms with Crippen LogP contribution in [0.15, 0.2) is 42.5 Å². The standard InChI is InChI=1S/C24H29N3O3/c1-16(23(29)25-20-10-9-17-5-4-6-19(17)15-20)27-13-11-18(12-14-27)24(30)26-21-7-2-3-8-22(21)28/h2-3,7-10,15-16,18,28H,4-6,11-14H2,1H3,(H,25,29)(H,26,30)/t16-/m1/s1. The van der Waals surface area contributed by atoms with Gasteiger partial charge in [-0.1, -0.05) is 18.2 Å². The number of carbonyl (C=O) groups excluding carboxylic acids is 2. The number of hydrogen-bond acceptors (Lipinski definition) is 4. The number of nitrogens with one attached hydrogen (secondary N) is 2. The van der Waals surface area contributed by atoms with Crippen molar-refractivity contribution in [3.63, 3.8) is 0 Å².